The van der Waals surface area contributed by atoms with Crippen molar-refractivity contribution in [2.24, 2.45) is 0 Å². The van der Waals surface area contributed by atoms with Crippen LogP contribution in [0.1, 0.15) is 101 Å². The number of hydrogen-bond donors (Lipinski definition) is 0. The molecule has 0 bridgehead atoms. The molecule has 0 aliphatic heterocycles. The van der Waals surface area contributed by atoms with Crippen LogP contribution in [0.25, 0.3) is 0 Å². The van der Waals surface area contributed by atoms with Crippen LogP contribution in [0.4, 0.5) is 0 Å². The van der Waals surface area contributed by atoms with Crippen LogP contribution in [0.15, 0.2) is 101 Å². The van der Waals surface area contributed by atoms with Gasteiger partial charge >= 0.3 is 235 Å². The SMILES string of the molecule is CC1=[C]([Zr]([CH3])([CH3])(=[SiH2])[C]2=C(C)CC3=C2CCCCC3c2ccccc2)C2=C(C1)C(c1ccccc1)CCCC2. The van der Waals surface area contributed by atoms with E-state index in [0.717, 1.165) is 0 Å². The zero-order chi connectivity index (χ0) is 26.5. The molecule has 0 saturated carbocycles. The van der Waals surface area contributed by atoms with Crippen molar-refractivity contribution >= 4 is 6.88 Å². The van der Waals surface area contributed by atoms with Crippen molar-refractivity contribution in [3.05, 3.63) is 112 Å². The molecule has 2 aromatic carbocycles. The molecule has 0 amide bonds. The van der Waals surface area contributed by atoms with Gasteiger partial charge in [0.1, 0.15) is 0 Å². The summed E-state index contributed by atoms with van der Waals surface area (Å²) in [6.07, 6.45) is 13.1. The molecule has 0 radical (unpaired) electrons. The Bertz CT molecular complexity index is 1340. The fourth-order valence-electron chi connectivity index (χ4n) is 9.25. The van der Waals surface area contributed by atoms with Crippen molar-refractivity contribution < 1.29 is 17.4 Å². The van der Waals surface area contributed by atoms with Gasteiger partial charge in [0.25, 0.3) is 0 Å². The molecule has 2 atom stereocenters. The average molecular weight is 598 g/mol. The van der Waals surface area contributed by atoms with Gasteiger partial charge in [-0.25, -0.2) is 0 Å². The van der Waals surface area contributed by atoms with Crippen LogP contribution in [0, 0.1) is 0 Å². The van der Waals surface area contributed by atoms with Crippen molar-refractivity contribution in [1.29, 1.82) is 0 Å². The first-order valence-electron chi connectivity index (χ1n) is 15.3. The van der Waals surface area contributed by atoms with Crippen LogP contribution < -0.4 is 0 Å². The van der Waals surface area contributed by atoms with E-state index in [2.05, 4.69) is 90.7 Å². The van der Waals surface area contributed by atoms with Crippen molar-refractivity contribution in [2.45, 2.75) is 99.2 Å². The second-order valence-corrected chi connectivity index (χ2v) is 42.0. The first-order valence-corrected chi connectivity index (χ1v) is 28.6. The molecule has 4 aliphatic carbocycles. The first kappa shape index (κ1) is 26.7. The van der Waals surface area contributed by atoms with Gasteiger partial charge < -0.3 is 0 Å². The van der Waals surface area contributed by atoms with Crippen molar-refractivity contribution in [1.82, 2.24) is 0 Å². The van der Waals surface area contributed by atoms with Gasteiger partial charge in [0.15, 0.2) is 0 Å². The summed E-state index contributed by atoms with van der Waals surface area (Å²) in [6.45, 7) is 7.54. The number of rotatable bonds is 4. The fourth-order valence-corrected chi connectivity index (χ4v) is 29.3. The third-order valence-electron chi connectivity index (χ3n) is 10.3. The van der Waals surface area contributed by atoms with E-state index in [9.17, 15) is 0 Å². The third kappa shape index (κ3) is 4.53. The Kier molecular flexibility index (Phi) is 7.14. The predicted molar refractivity (Wildman–Crippen MR) is 164 cm³/mol. The van der Waals surface area contributed by atoms with E-state index in [4.69, 9.17) is 0 Å². The van der Waals surface area contributed by atoms with Gasteiger partial charge in [-0.3, -0.25) is 0 Å². The molecule has 198 valence electrons. The molecule has 0 nitrogen and oxygen atoms in total. The van der Waals surface area contributed by atoms with Crippen LogP contribution >= 0.6 is 0 Å². The molecular formula is C36H46SiZr. The second-order valence-electron chi connectivity index (χ2n) is 13.8. The minimum atomic E-state index is -3.49. The quantitative estimate of drug-likeness (QED) is 0.308. The molecular weight excluding hydrogens is 552 g/mol. The molecule has 0 aromatic heterocycles. The van der Waals surface area contributed by atoms with Gasteiger partial charge in [-0.15, -0.1) is 0 Å². The first-order chi connectivity index (χ1) is 18.2. The van der Waals surface area contributed by atoms with Crippen LogP contribution in [0.2, 0.25) is 9.26 Å². The van der Waals surface area contributed by atoms with E-state index in [-0.39, 0.29) is 0 Å². The molecule has 4 aliphatic rings. The maximum atomic E-state index is 2.81. The summed E-state index contributed by atoms with van der Waals surface area (Å²) in [5.41, 5.74) is 13.8. The van der Waals surface area contributed by atoms with Gasteiger partial charge in [-0.2, -0.15) is 0 Å². The Balaban J connectivity index is 1.47. The molecule has 6 rings (SSSR count). The summed E-state index contributed by atoms with van der Waals surface area (Å²) in [4.78, 5) is 0. The molecule has 0 fully saturated rings. The third-order valence-corrected chi connectivity index (χ3v) is 26.0. The summed E-state index contributed by atoms with van der Waals surface area (Å²) in [5, 5.41) is 0. The standard InChI is InChI=1S/2C17H19.2CH3.H2Si.Zr/c2*1-13-11-15-9-5-6-10-16(17(15)12-13)14-7-3-2-4-8-14;;;;/h2*2-4,7-8,16H,5-6,9-10,12H2,1H3;2*1H3;1H2;. The number of allylic oxidation sites excluding steroid dienone is 8. The molecule has 2 heteroatoms. The summed E-state index contributed by atoms with van der Waals surface area (Å²) >= 11 is -3.49. The molecule has 0 N–H and O–H groups in total. The average Bonchev–Trinajstić information content (AvgIpc) is 3.24. The van der Waals surface area contributed by atoms with E-state index in [1.807, 2.05) is 17.7 Å². The Morgan fingerprint density at radius 2 is 1.00 bits per heavy atom. The second kappa shape index (κ2) is 10.2. The van der Waals surface area contributed by atoms with Crippen LogP contribution in [0.3, 0.4) is 0 Å². The monoisotopic (exact) mass is 596 g/mol. The summed E-state index contributed by atoms with van der Waals surface area (Å²) in [7, 11) is 0. The topological polar surface area (TPSA) is 0 Å². The summed E-state index contributed by atoms with van der Waals surface area (Å²) < 4.78 is 9.44. The van der Waals surface area contributed by atoms with Gasteiger partial charge in [0.05, 0.1) is 0 Å². The van der Waals surface area contributed by atoms with E-state index in [0.29, 0.717) is 11.8 Å². The van der Waals surface area contributed by atoms with Crippen LogP contribution in [0.5, 0.6) is 0 Å². The maximum absolute atomic E-state index is 3.49. The van der Waals surface area contributed by atoms with Gasteiger partial charge in [-0.05, 0) is 0 Å². The minimum absolute atomic E-state index is 0.615. The molecule has 38 heavy (non-hydrogen) atoms. The van der Waals surface area contributed by atoms with E-state index >= 15 is 0 Å². The number of hydrogen-bond acceptors (Lipinski definition) is 0. The summed E-state index contributed by atoms with van der Waals surface area (Å²) in [5.74, 6) is 1.23. The molecule has 2 unspecified atom stereocenters. The van der Waals surface area contributed by atoms with Crippen molar-refractivity contribution in [3.63, 3.8) is 0 Å². The summed E-state index contributed by atoms with van der Waals surface area (Å²) in [6, 6.07) is 22.9. The van der Waals surface area contributed by atoms with E-state index in [1.165, 1.54) is 64.2 Å². The van der Waals surface area contributed by atoms with Crippen molar-refractivity contribution in [3.8, 4) is 0 Å². The molecule has 0 heterocycles. The van der Waals surface area contributed by atoms with E-state index < -0.39 is 17.4 Å². The zero-order valence-electron chi connectivity index (χ0n) is 24.2. The van der Waals surface area contributed by atoms with Crippen LogP contribution in [-0.2, 0) is 17.4 Å². The molecule has 0 spiro atoms. The van der Waals surface area contributed by atoms with Gasteiger partial charge in [-0.1, -0.05) is 0 Å². The normalized spacial score (nSPS) is 25.0. The fraction of sp³-hybridized carbons (Fsp3) is 0.444. The zero-order valence-corrected chi connectivity index (χ0v) is 28.1. The molecule has 2 aromatic rings. The Morgan fingerprint density at radius 1 is 0.605 bits per heavy atom. The predicted octanol–water partition coefficient (Wildman–Crippen LogP) is 9.98. The number of benzene rings is 2. The molecule has 0 saturated heterocycles. The van der Waals surface area contributed by atoms with Crippen LogP contribution in [-0.4, -0.2) is 6.88 Å². The van der Waals surface area contributed by atoms with Gasteiger partial charge in [0.2, 0.25) is 0 Å². The Hall–Kier alpha value is -1.50. The Morgan fingerprint density at radius 3 is 1.39 bits per heavy atom. The van der Waals surface area contributed by atoms with E-state index in [1.54, 1.807) is 33.4 Å². The van der Waals surface area contributed by atoms with Gasteiger partial charge in [0, 0.05) is 0 Å². The van der Waals surface area contributed by atoms with Crippen molar-refractivity contribution in [2.75, 3.05) is 0 Å². The Labute approximate surface area is 233 Å².